The Bertz CT molecular complexity index is 1050. The Labute approximate surface area is 180 Å². The summed E-state index contributed by atoms with van der Waals surface area (Å²) >= 11 is 0. The number of hydrogen-bond donors (Lipinski definition) is 3. The van der Waals surface area contributed by atoms with Crippen LogP contribution in [0.4, 0.5) is 4.39 Å². The fraction of sp³-hybridized carbons (Fsp3) is 0.261. The van der Waals surface area contributed by atoms with E-state index in [0.29, 0.717) is 30.6 Å². The molecule has 160 valence electrons. The normalized spacial score (nSPS) is 17.6. The molecule has 1 saturated heterocycles. The minimum absolute atomic E-state index is 0.0368. The van der Waals surface area contributed by atoms with Crippen molar-refractivity contribution >= 4 is 17.4 Å². The summed E-state index contributed by atoms with van der Waals surface area (Å²) in [6.45, 7) is 1.12. The average Bonchev–Trinajstić information content (AvgIpc) is 2.75. The highest BCUT2D eigenvalue weighted by Gasteiger charge is 2.22. The first-order valence-electron chi connectivity index (χ1n) is 9.99. The fourth-order valence-electron chi connectivity index (χ4n) is 3.62. The highest BCUT2D eigenvalue weighted by Crippen LogP contribution is 2.19. The van der Waals surface area contributed by atoms with E-state index in [1.807, 2.05) is 12.1 Å². The Kier molecular flexibility index (Phi) is 6.88. The molecule has 7 nitrogen and oxygen atoms in total. The van der Waals surface area contributed by atoms with Gasteiger partial charge in [-0.05, 0) is 35.6 Å². The zero-order valence-corrected chi connectivity index (χ0v) is 17.1. The number of benzene rings is 2. The lowest BCUT2D eigenvalue weighted by atomic mass is 10.00. The predicted molar refractivity (Wildman–Crippen MR) is 118 cm³/mol. The first kappa shape index (κ1) is 21.8. The van der Waals surface area contributed by atoms with E-state index >= 15 is 0 Å². The Morgan fingerprint density at radius 1 is 1.16 bits per heavy atom. The highest BCUT2D eigenvalue weighted by atomic mass is 19.1. The molecule has 0 spiro atoms. The number of carbonyl (C=O) groups excluding carboxylic acids is 1. The summed E-state index contributed by atoms with van der Waals surface area (Å²) in [5.74, 6) is -1.07. The van der Waals surface area contributed by atoms with Gasteiger partial charge < -0.3 is 22.1 Å². The van der Waals surface area contributed by atoms with E-state index in [0.717, 1.165) is 18.4 Å². The number of amides is 1. The SMILES string of the molecule is N#CN1CCCC(N=C(N)C(C(N)=O)=C(N)c2ccc(Cc3ccccc3F)cc2)C1. The Morgan fingerprint density at radius 3 is 2.52 bits per heavy atom. The molecular weight excluding hydrogens is 395 g/mol. The van der Waals surface area contributed by atoms with Gasteiger partial charge >= 0.3 is 0 Å². The molecule has 1 amide bonds. The Morgan fingerprint density at radius 2 is 1.87 bits per heavy atom. The second-order valence-corrected chi connectivity index (χ2v) is 7.47. The summed E-state index contributed by atoms with van der Waals surface area (Å²) < 4.78 is 13.9. The zero-order valence-electron chi connectivity index (χ0n) is 17.1. The molecule has 6 N–H and O–H groups in total. The summed E-state index contributed by atoms with van der Waals surface area (Å²) in [5.41, 5.74) is 20.0. The van der Waals surface area contributed by atoms with Gasteiger partial charge in [0.15, 0.2) is 6.19 Å². The Balaban J connectivity index is 1.84. The van der Waals surface area contributed by atoms with Gasteiger partial charge in [0.25, 0.3) is 5.91 Å². The third-order valence-electron chi connectivity index (χ3n) is 5.25. The zero-order chi connectivity index (χ0) is 22.4. The van der Waals surface area contributed by atoms with Gasteiger partial charge in [-0.1, -0.05) is 42.5 Å². The molecule has 1 fully saturated rings. The van der Waals surface area contributed by atoms with Gasteiger partial charge in [-0.15, -0.1) is 0 Å². The lowest BCUT2D eigenvalue weighted by molar-refractivity contribution is -0.114. The number of nitrogens with two attached hydrogens (primary N) is 3. The van der Waals surface area contributed by atoms with Crippen molar-refractivity contribution in [2.75, 3.05) is 13.1 Å². The summed E-state index contributed by atoms with van der Waals surface area (Å²) in [5, 5.41) is 9.08. The number of piperidine rings is 1. The number of nitrogens with zero attached hydrogens (tertiary/aromatic N) is 3. The first-order chi connectivity index (χ1) is 14.9. The van der Waals surface area contributed by atoms with Crippen LogP contribution in [0.3, 0.4) is 0 Å². The van der Waals surface area contributed by atoms with Crippen molar-refractivity contribution in [3.05, 3.63) is 76.6 Å². The number of rotatable bonds is 6. The second kappa shape index (κ2) is 9.76. The summed E-state index contributed by atoms with van der Waals surface area (Å²) in [4.78, 5) is 18.1. The van der Waals surface area contributed by atoms with Crippen molar-refractivity contribution in [1.82, 2.24) is 4.90 Å². The third-order valence-corrected chi connectivity index (χ3v) is 5.25. The maximum Gasteiger partial charge on any atom is 0.254 e. The van der Waals surface area contributed by atoms with Crippen LogP contribution >= 0.6 is 0 Å². The summed E-state index contributed by atoms with van der Waals surface area (Å²) in [7, 11) is 0. The maximum absolute atomic E-state index is 13.9. The number of primary amides is 1. The standard InChI is InChI=1S/C23H25FN6O/c24-19-6-2-1-4-17(19)12-15-7-9-16(10-8-15)21(26)20(23(28)31)22(27)29-18-5-3-11-30(13-18)14-25/h1-2,4,6-10,18H,3,5,11-13,26H2,(H2,27,29)(H2,28,31). The summed E-state index contributed by atoms with van der Waals surface area (Å²) in [6, 6.07) is 13.5. The van der Waals surface area contributed by atoms with E-state index in [4.69, 9.17) is 22.5 Å². The van der Waals surface area contributed by atoms with Crippen LogP contribution in [0.25, 0.3) is 5.70 Å². The minimum Gasteiger partial charge on any atom is -0.397 e. The number of carbonyl (C=O) groups is 1. The van der Waals surface area contributed by atoms with Crippen molar-refractivity contribution in [2.24, 2.45) is 22.2 Å². The van der Waals surface area contributed by atoms with Crippen LogP contribution in [0.15, 0.2) is 59.1 Å². The molecule has 1 aliphatic heterocycles. The van der Waals surface area contributed by atoms with Gasteiger partial charge in [-0.2, -0.15) is 5.26 Å². The molecule has 0 radical (unpaired) electrons. The van der Waals surface area contributed by atoms with Gasteiger partial charge in [0.2, 0.25) is 0 Å². The number of hydrogen-bond acceptors (Lipinski definition) is 5. The van der Waals surface area contributed by atoms with Crippen LogP contribution in [0.1, 0.15) is 29.5 Å². The molecule has 1 aliphatic rings. The quantitative estimate of drug-likeness (QED) is 0.284. The largest absolute Gasteiger partial charge is 0.397 e. The topological polar surface area (TPSA) is 135 Å². The van der Waals surface area contributed by atoms with Crippen molar-refractivity contribution in [2.45, 2.75) is 25.3 Å². The van der Waals surface area contributed by atoms with E-state index in [2.05, 4.69) is 11.2 Å². The van der Waals surface area contributed by atoms with Gasteiger partial charge in [0, 0.05) is 13.0 Å². The van der Waals surface area contributed by atoms with Crippen LogP contribution in [0.2, 0.25) is 0 Å². The monoisotopic (exact) mass is 420 g/mol. The molecule has 1 heterocycles. The van der Waals surface area contributed by atoms with Crippen LogP contribution in [-0.4, -0.2) is 35.8 Å². The average molecular weight is 420 g/mol. The maximum atomic E-state index is 13.9. The van der Waals surface area contributed by atoms with Crippen LogP contribution in [0.5, 0.6) is 0 Å². The highest BCUT2D eigenvalue weighted by molar-refractivity contribution is 6.24. The number of amidine groups is 1. The van der Waals surface area contributed by atoms with E-state index < -0.39 is 5.91 Å². The van der Waals surface area contributed by atoms with Crippen LogP contribution < -0.4 is 17.2 Å². The lowest BCUT2D eigenvalue weighted by Gasteiger charge is -2.26. The van der Waals surface area contributed by atoms with Crippen LogP contribution in [-0.2, 0) is 11.2 Å². The molecular formula is C23H25FN6O. The van der Waals surface area contributed by atoms with Crippen molar-refractivity contribution in [3.8, 4) is 6.19 Å². The number of halogens is 1. The van der Waals surface area contributed by atoms with Gasteiger partial charge in [0.1, 0.15) is 17.2 Å². The molecule has 0 saturated carbocycles. The number of likely N-dealkylation sites (tertiary alicyclic amines) is 1. The lowest BCUT2D eigenvalue weighted by Crippen LogP contribution is -2.37. The minimum atomic E-state index is -0.776. The second-order valence-electron chi connectivity index (χ2n) is 7.47. The molecule has 2 aromatic rings. The molecule has 31 heavy (non-hydrogen) atoms. The molecule has 3 rings (SSSR count). The predicted octanol–water partition coefficient (Wildman–Crippen LogP) is 1.87. The van der Waals surface area contributed by atoms with Crippen molar-refractivity contribution < 1.29 is 9.18 Å². The fourth-order valence-corrected chi connectivity index (χ4v) is 3.62. The van der Waals surface area contributed by atoms with E-state index in [-0.39, 0.29) is 29.0 Å². The molecule has 2 aromatic carbocycles. The molecule has 0 aliphatic carbocycles. The van der Waals surface area contributed by atoms with Crippen LogP contribution in [0, 0.1) is 17.3 Å². The van der Waals surface area contributed by atoms with Gasteiger partial charge in [-0.25, -0.2) is 4.39 Å². The molecule has 1 unspecified atom stereocenters. The molecule has 1 atom stereocenters. The third kappa shape index (κ3) is 5.39. The number of nitriles is 1. The number of aliphatic imine (C=N–C) groups is 1. The molecule has 0 aromatic heterocycles. The molecule has 8 heteroatoms. The van der Waals surface area contributed by atoms with E-state index in [1.165, 1.54) is 6.07 Å². The Hall–Kier alpha value is -3.86. The van der Waals surface area contributed by atoms with Gasteiger partial charge in [-0.3, -0.25) is 9.79 Å². The molecule has 0 bridgehead atoms. The van der Waals surface area contributed by atoms with Crippen molar-refractivity contribution in [1.29, 1.82) is 5.26 Å². The van der Waals surface area contributed by atoms with Gasteiger partial charge in [0.05, 0.1) is 18.3 Å². The first-order valence-corrected chi connectivity index (χ1v) is 9.99. The van der Waals surface area contributed by atoms with Crippen molar-refractivity contribution in [3.63, 3.8) is 0 Å². The summed E-state index contributed by atoms with van der Waals surface area (Å²) in [6.07, 6.45) is 4.10. The van der Waals surface area contributed by atoms with E-state index in [1.54, 1.807) is 35.2 Å². The van der Waals surface area contributed by atoms with E-state index in [9.17, 15) is 9.18 Å². The smallest absolute Gasteiger partial charge is 0.254 e.